The first-order chi connectivity index (χ1) is 13.2. The van der Waals surface area contributed by atoms with Crippen LogP contribution in [0.5, 0.6) is 11.5 Å². The predicted molar refractivity (Wildman–Crippen MR) is 100 cm³/mol. The van der Waals surface area contributed by atoms with Crippen LogP contribution >= 0.6 is 11.8 Å². The summed E-state index contributed by atoms with van der Waals surface area (Å²) in [7, 11) is 3.30. The summed E-state index contributed by atoms with van der Waals surface area (Å²) in [4.78, 5) is 14.9. The summed E-state index contributed by atoms with van der Waals surface area (Å²) in [5, 5.41) is 12.6. The molecule has 1 saturated carbocycles. The van der Waals surface area contributed by atoms with Gasteiger partial charge < -0.3 is 14.4 Å². The second kappa shape index (κ2) is 7.75. The smallest absolute Gasteiger partial charge is 0.233 e. The summed E-state index contributed by atoms with van der Waals surface area (Å²) in [6.45, 7) is 0.748. The van der Waals surface area contributed by atoms with Crippen LogP contribution in [0.1, 0.15) is 43.3 Å². The van der Waals surface area contributed by atoms with Gasteiger partial charge in [0.1, 0.15) is 11.5 Å². The summed E-state index contributed by atoms with van der Waals surface area (Å²) >= 11 is 1.41. The van der Waals surface area contributed by atoms with Crippen molar-refractivity contribution in [3.05, 3.63) is 23.8 Å². The van der Waals surface area contributed by atoms with E-state index >= 15 is 0 Å². The number of aromatic nitrogens is 4. The Labute approximate surface area is 162 Å². The molecule has 1 aliphatic heterocycles. The largest absolute Gasteiger partial charge is 0.497 e. The van der Waals surface area contributed by atoms with E-state index in [1.807, 2.05) is 27.8 Å². The Kier molecular flexibility index (Phi) is 5.20. The summed E-state index contributed by atoms with van der Waals surface area (Å²) in [6.07, 6.45) is 4.10. The van der Waals surface area contributed by atoms with E-state index in [0.29, 0.717) is 11.8 Å². The summed E-state index contributed by atoms with van der Waals surface area (Å²) in [5.41, 5.74) is 0.996. The lowest BCUT2D eigenvalue weighted by atomic mass is 10.0. The van der Waals surface area contributed by atoms with Gasteiger partial charge in [-0.05, 0) is 54.3 Å². The van der Waals surface area contributed by atoms with Crippen LogP contribution in [0.3, 0.4) is 0 Å². The molecule has 8 nitrogen and oxygen atoms in total. The van der Waals surface area contributed by atoms with Crippen LogP contribution in [-0.4, -0.2) is 57.5 Å². The minimum absolute atomic E-state index is 0.00239. The minimum Gasteiger partial charge on any atom is -0.497 e. The molecule has 1 atom stereocenters. The van der Waals surface area contributed by atoms with Gasteiger partial charge in [-0.3, -0.25) is 4.79 Å². The fourth-order valence-corrected chi connectivity index (χ4v) is 4.36. The maximum atomic E-state index is 12.9. The van der Waals surface area contributed by atoms with E-state index in [4.69, 9.17) is 9.47 Å². The third kappa shape index (κ3) is 3.73. The van der Waals surface area contributed by atoms with Gasteiger partial charge in [-0.25, -0.2) is 4.68 Å². The first-order valence-electron chi connectivity index (χ1n) is 9.13. The van der Waals surface area contributed by atoms with Gasteiger partial charge in [0.05, 0.1) is 32.1 Å². The third-order valence-corrected chi connectivity index (χ3v) is 5.97. The molecule has 0 N–H and O–H groups in total. The van der Waals surface area contributed by atoms with Crippen molar-refractivity contribution in [2.45, 2.75) is 42.9 Å². The third-order valence-electron chi connectivity index (χ3n) is 5.05. The molecular weight excluding hydrogens is 366 g/mol. The molecule has 0 unspecified atom stereocenters. The fraction of sp³-hybridized carbons (Fsp3) is 0.556. The maximum Gasteiger partial charge on any atom is 0.233 e. The number of nitrogens with zero attached hydrogens (tertiary/aromatic N) is 5. The lowest BCUT2D eigenvalue weighted by Gasteiger charge is -2.26. The zero-order valence-electron chi connectivity index (χ0n) is 15.5. The second-order valence-electron chi connectivity index (χ2n) is 6.78. The van der Waals surface area contributed by atoms with Crippen LogP contribution in [0.4, 0.5) is 0 Å². The highest BCUT2D eigenvalue weighted by atomic mass is 32.2. The number of ether oxygens (including phenoxy) is 2. The molecule has 4 rings (SSSR count). The van der Waals surface area contributed by atoms with Crippen LogP contribution in [0.15, 0.2) is 23.4 Å². The molecule has 1 amide bonds. The zero-order chi connectivity index (χ0) is 18.8. The number of thioether (sulfide) groups is 1. The number of carbonyl (C=O) groups excluding carboxylic acids is 1. The number of hydrogen-bond donors (Lipinski definition) is 0. The number of likely N-dealkylation sites (tertiary alicyclic amines) is 1. The second-order valence-corrected chi connectivity index (χ2v) is 7.72. The molecule has 2 aromatic rings. The number of tetrazole rings is 1. The molecule has 0 spiro atoms. The monoisotopic (exact) mass is 389 g/mol. The van der Waals surface area contributed by atoms with Crippen molar-refractivity contribution < 1.29 is 14.3 Å². The first kappa shape index (κ1) is 18.1. The molecular formula is C18H23N5O3S. The van der Waals surface area contributed by atoms with Gasteiger partial charge in [-0.2, -0.15) is 0 Å². The van der Waals surface area contributed by atoms with Gasteiger partial charge in [0.25, 0.3) is 0 Å². The molecule has 2 heterocycles. The summed E-state index contributed by atoms with van der Waals surface area (Å²) in [5.74, 6) is 1.97. The number of methoxy groups -OCH3 is 2. The highest BCUT2D eigenvalue weighted by Gasteiger charge is 2.33. The number of carbonyl (C=O) groups is 1. The zero-order valence-corrected chi connectivity index (χ0v) is 16.3. The molecule has 27 heavy (non-hydrogen) atoms. The van der Waals surface area contributed by atoms with Gasteiger partial charge >= 0.3 is 0 Å². The van der Waals surface area contributed by atoms with E-state index in [0.717, 1.165) is 54.4 Å². The predicted octanol–water partition coefficient (Wildman–Crippen LogP) is 2.48. The Balaban J connectivity index is 1.47. The van der Waals surface area contributed by atoms with Gasteiger partial charge in [0.15, 0.2) is 0 Å². The number of benzene rings is 1. The van der Waals surface area contributed by atoms with Crippen molar-refractivity contribution in [1.29, 1.82) is 0 Å². The van der Waals surface area contributed by atoms with Crippen molar-refractivity contribution >= 4 is 17.7 Å². The Bertz CT molecular complexity index is 823. The summed E-state index contributed by atoms with van der Waals surface area (Å²) in [6, 6.07) is 6.14. The van der Waals surface area contributed by atoms with Gasteiger partial charge in [-0.15, -0.1) is 5.10 Å². The number of amides is 1. The van der Waals surface area contributed by atoms with Crippen molar-refractivity contribution in [2.24, 2.45) is 0 Å². The Morgan fingerprint density at radius 3 is 2.85 bits per heavy atom. The van der Waals surface area contributed by atoms with E-state index in [2.05, 4.69) is 15.5 Å². The molecule has 1 aliphatic carbocycles. The lowest BCUT2D eigenvalue weighted by molar-refractivity contribution is -0.129. The maximum absolute atomic E-state index is 12.9. The molecule has 1 aromatic carbocycles. The molecule has 1 aromatic heterocycles. The van der Waals surface area contributed by atoms with Crippen molar-refractivity contribution in [3.63, 3.8) is 0 Å². The molecule has 1 saturated heterocycles. The standard InChI is InChI=1S/C18H23N5O3S/c1-25-13-7-8-16(26-2)14(10-13)15-4-3-9-22(15)17(24)11-27-18-19-20-21-23(18)12-5-6-12/h7-8,10,12,15H,3-6,9,11H2,1-2H3/t15-/m1/s1. The van der Waals surface area contributed by atoms with Gasteiger partial charge in [0.2, 0.25) is 11.1 Å². The highest BCUT2D eigenvalue weighted by molar-refractivity contribution is 7.99. The molecule has 0 radical (unpaired) electrons. The number of hydrogen-bond acceptors (Lipinski definition) is 7. The Hall–Kier alpha value is -2.29. The SMILES string of the molecule is COc1ccc(OC)c([C@H]2CCCN2C(=O)CSc2nnnn2C2CC2)c1. The average molecular weight is 389 g/mol. The molecule has 9 heteroatoms. The van der Waals surface area contributed by atoms with Crippen LogP contribution in [0.25, 0.3) is 0 Å². The van der Waals surface area contributed by atoms with E-state index in [-0.39, 0.29) is 11.9 Å². The fourth-order valence-electron chi connectivity index (χ4n) is 3.53. The Morgan fingerprint density at radius 1 is 1.26 bits per heavy atom. The normalized spacial score (nSPS) is 19.3. The molecule has 2 aliphatic rings. The number of rotatable bonds is 7. The van der Waals surface area contributed by atoms with Crippen LogP contribution in [-0.2, 0) is 4.79 Å². The molecule has 0 bridgehead atoms. The topological polar surface area (TPSA) is 82.4 Å². The summed E-state index contributed by atoms with van der Waals surface area (Å²) < 4.78 is 12.7. The van der Waals surface area contributed by atoms with E-state index < -0.39 is 0 Å². The average Bonchev–Trinajstić information content (AvgIpc) is 3.23. The van der Waals surface area contributed by atoms with Crippen LogP contribution < -0.4 is 9.47 Å². The van der Waals surface area contributed by atoms with Crippen LogP contribution in [0.2, 0.25) is 0 Å². The lowest BCUT2D eigenvalue weighted by Crippen LogP contribution is -2.32. The minimum atomic E-state index is 0.00239. The van der Waals surface area contributed by atoms with E-state index in [9.17, 15) is 4.79 Å². The van der Waals surface area contributed by atoms with E-state index in [1.165, 1.54) is 11.8 Å². The Morgan fingerprint density at radius 2 is 2.11 bits per heavy atom. The van der Waals surface area contributed by atoms with Crippen molar-refractivity contribution in [1.82, 2.24) is 25.1 Å². The van der Waals surface area contributed by atoms with Crippen LogP contribution in [0, 0.1) is 0 Å². The molecule has 2 fully saturated rings. The molecule has 144 valence electrons. The van der Waals surface area contributed by atoms with Crippen molar-refractivity contribution in [2.75, 3.05) is 26.5 Å². The first-order valence-corrected chi connectivity index (χ1v) is 10.1. The highest BCUT2D eigenvalue weighted by Crippen LogP contribution is 2.40. The quantitative estimate of drug-likeness (QED) is 0.673. The van der Waals surface area contributed by atoms with E-state index in [1.54, 1.807) is 14.2 Å². The van der Waals surface area contributed by atoms with Crippen molar-refractivity contribution in [3.8, 4) is 11.5 Å². The van der Waals surface area contributed by atoms with Gasteiger partial charge in [-0.1, -0.05) is 11.8 Å². The van der Waals surface area contributed by atoms with Gasteiger partial charge in [0, 0.05) is 12.1 Å².